The number of rotatable bonds is 1. The van der Waals surface area contributed by atoms with Crippen LogP contribution >= 0.6 is 0 Å². The molecule has 7 heteroatoms. The van der Waals surface area contributed by atoms with E-state index in [1.807, 2.05) is 0 Å². The number of benzene rings is 1. The summed E-state index contributed by atoms with van der Waals surface area (Å²) in [6.45, 7) is 0. The molecule has 0 fully saturated rings. The summed E-state index contributed by atoms with van der Waals surface area (Å²) in [6.07, 6.45) is 1.14. The van der Waals surface area contributed by atoms with Gasteiger partial charge in [0.25, 0.3) is 5.56 Å². The highest BCUT2D eigenvalue weighted by molar-refractivity contribution is 5.95. The molecule has 3 rings (SSSR count). The van der Waals surface area contributed by atoms with Crippen LogP contribution in [0.2, 0.25) is 0 Å². The van der Waals surface area contributed by atoms with Gasteiger partial charge < -0.3 is 10.1 Å². The summed E-state index contributed by atoms with van der Waals surface area (Å²) in [5.74, 6) is -1.74. The Balaban J connectivity index is 2.56. The van der Waals surface area contributed by atoms with Crippen LogP contribution in [-0.4, -0.2) is 25.7 Å². The van der Waals surface area contributed by atoms with Gasteiger partial charge in [-0.1, -0.05) is 0 Å². The lowest BCUT2D eigenvalue weighted by molar-refractivity contribution is 0.0699. The molecule has 90 valence electrons. The van der Waals surface area contributed by atoms with Crippen molar-refractivity contribution in [2.45, 2.75) is 0 Å². The Bertz CT molecular complexity index is 850. The molecule has 0 aliphatic heterocycles. The summed E-state index contributed by atoms with van der Waals surface area (Å²) in [5.41, 5.74) is -0.243. The van der Waals surface area contributed by atoms with Gasteiger partial charge in [0.05, 0.1) is 17.1 Å². The van der Waals surface area contributed by atoms with Gasteiger partial charge in [0.15, 0.2) is 5.65 Å². The van der Waals surface area contributed by atoms with E-state index in [2.05, 4.69) is 10.1 Å². The van der Waals surface area contributed by atoms with Crippen molar-refractivity contribution in [3.8, 4) is 0 Å². The van der Waals surface area contributed by atoms with E-state index in [1.54, 1.807) is 0 Å². The molecule has 0 radical (unpaired) electrons. The Hall–Kier alpha value is -2.70. The van der Waals surface area contributed by atoms with Gasteiger partial charge in [0.2, 0.25) is 0 Å². The van der Waals surface area contributed by atoms with E-state index in [-0.39, 0.29) is 16.6 Å². The molecule has 2 aromatic heterocycles. The third-order valence-electron chi connectivity index (χ3n) is 2.66. The molecule has 0 aliphatic rings. The maximum Gasteiger partial charge on any atom is 0.341 e. The summed E-state index contributed by atoms with van der Waals surface area (Å²) >= 11 is 0. The molecule has 0 saturated carbocycles. The number of aromatic carboxylic acids is 1. The minimum atomic E-state index is -1.19. The number of carbonyl (C=O) groups is 1. The molecule has 1 aromatic carbocycles. The zero-order chi connectivity index (χ0) is 12.9. The highest BCUT2D eigenvalue weighted by atomic mass is 19.1. The second-order valence-corrected chi connectivity index (χ2v) is 3.74. The van der Waals surface area contributed by atoms with E-state index in [9.17, 15) is 14.0 Å². The predicted octanol–water partition coefficient (Wildman–Crippen LogP) is 1.01. The van der Waals surface area contributed by atoms with Crippen LogP contribution < -0.4 is 5.56 Å². The average molecular weight is 247 g/mol. The zero-order valence-corrected chi connectivity index (χ0v) is 8.85. The zero-order valence-electron chi connectivity index (χ0n) is 8.85. The van der Waals surface area contributed by atoms with Crippen LogP contribution in [-0.2, 0) is 0 Å². The van der Waals surface area contributed by atoms with Gasteiger partial charge >= 0.3 is 5.97 Å². The number of hydrogen-bond acceptors (Lipinski definition) is 3. The standard InChI is InChI=1S/C11H6FN3O3/c12-5-1-2-8-6(3-5)10(16)14-9-7(11(17)18)4-13-15(8)9/h1-4H,(H,14,16)(H,17,18). The van der Waals surface area contributed by atoms with Crippen molar-refractivity contribution >= 4 is 22.5 Å². The van der Waals surface area contributed by atoms with Gasteiger partial charge in [-0.15, -0.1) is 0 Å². The lowest BCUT2D eigenvalue weighted by atomic mass is 10.2. The molecule has 0 spiro atoms. The highest BCUT2D eigenvalue weighted by Gasteiger charge is 2.15. The van der Waals surface area contributed by atoms with Gasteiger partial charge in [-0.3, -0.25) is 4.79 Å². The van der Waals surface area contributed by atoms with E-state index in [0.717, 1.165) is 12.3 Å². The van der Waals surface area contributed by atoms with Crippen LogP contribution in [0.1, 0.15) is 10.4 Å². The van der Waals surface area contributed by atoms with Crippen LogP contribution in [0.4, 0.5) is 4.39 Å². The van der Waals surface area contributed by atoms with E-state index < -0.39 is 17.3 Å². The lowest BCUT2D eigenvalue weighted by Crippen LogP contribution is -2.11. The fourth-order valence-electron chi connectivity index (χ4n) is 1.86. The fraction of sp³-hybridized carbons (Fsp3) is 0. The quantitative estimate of drug-likeness (QED) is 0.671. The summed E-state index contributed by atoms with van der Waals surface area (Å²) in [4.78, 5) is 25.1. The third kappa shape index (κ3) is 1.30. The van der Waals surface area contributed by atoms with Gasteiger partial charge in [-0.2, -0.15) is 5.10 Å². The number of carboxylic acids is 1. The number of aromatic amines is 1. The molecule has 0 saturated heterocycles. The first kappa shape index (κ1) is 10.5. The number of hydrogen-bond donors (Lipinski definition) is 2. The van der Waals surface area contributed by atoms with Crippen molar-refractivity contribution in [2.75, 3.05) is 0 Å². The first-order chi connectivity index (χ1) is 8.58. The van der Waals surface area contributed by atoms with Gasteiger partial charge in [-0.05, 0) is 18.2 Å². The molecular weight excluding hydrogens is 241 g/mol. The number of nitrogens with one attached hydrogen (secondary N) is 1. The fourth-order valence-corrected chi connectivity index (χ4v) is 1.86. The Labute approximate surface area is 98.3 Å². The molecule has 0 unspecified atom stereocenters. The van der Waals surface area contributed by atoms with Gasteiger partial charge in [0, 0.05) is 0 Å². The number of nitrogens with zero attached hydrogens (tertiary/aromatic N) is 2. The average Bonchev–Trinajstić information content (AvgIpc) is 2.73. The Morgan fingerprint density at radius 2 is 2.22 bits per heavy atom. The maximum absolute atomic E-state index is 13.1. The van der Waals surface area contributed by atoms with Crippen LogP contribution in [0, 0.1) is 5.82 Å². The van der Waals surface area contributed by atoms with E-state index in [1.165, 1.54) is 16.6 Å². The third-order valence-corrected chi connectivity index (χ3v) is 2.66. The molecule has 0 bridgehead atoms. The van der Waals surface area contributed by atoms with E-state index >= 15 is 0 Å². The Morgan fingerprint density at radius 1 is 1.44 bits per heavy atom. The van der Waals surface area contributed by atoms with Crippen LogP contribution in [0.25, 0.3) is 16.6 Å². The second kappa shape index (κ2) is 3.39. The van der Waals surface area contributed by atoms with Crippen molar-refractivity contribution in [1.82, 2.24) is 14.6 Å². The monoisotopic (exact) mass is 247 g/mol. The SMILES string of the molecule is O=C(O)c1cnn2c1[nH]c(=O)c1cc(F)ccc12. The topological polar surface area (TPSA) is 87.5 Å². The lowest BCUT2D eigenvalue weighted by Gasteiger charge is -2.01. The summed E-state index contributed by atoms with van der Waals surface area (Å²) in [5, 5.41) is 12.9. The smallest absolute Gasteiger partial charge is 0.341 e. The number of carboxylic acid groups (broad SMARTS) is 1. The van der Waals surface area contributed by atoms with Gasteiger partial charge in [0.1, 0.15) is 11.4 Å². The number of halogens is 1. The van der Waals surface area contributed by atoms with Crippen molar-refractivity contribution in [2.24, 2.45) is 0 Å². The maximum atomic E-state index is 13.1. The number of aromatic nitrogens is 3. The van der Waals surface area contributed by atoms with Gasteiger partial charge in [-0.25, -0.2) is 13.7 Å². The molecule has 0 aliphatic carbocycles. The van der Waals surface area contributed by atoms with Crippen molar-refractivity contribution in [3.63, 3.8) is 0 Å². The summed E-state index contributed by atoms with van der Waals surface area (Å²) < 4.78 is 14.3. The normalized spacial score (nSPS) is 11.2. The van der Waals surface area contributed by atoms with Crippen LogP contribution in [0.5, 0.6) is 0 Å². The van der Waals surface area contributed by atoms with Crippen molar-refractivity contribution < 1.29 is 14.3 Å². The summed E-state index contributed by atoms with van der Waals surface area (Å²) in [7, 11) is 0. The molecule has 3 aromatic rings. The van der Waals surface area contributed by atoms with Crippen LogP contribution in [0.3, 0.4) is 0 Å². The molecule has 6 nitrogen and oxygen atoms in total. The molecule has 0 atom stereocenters. The van der Waals surface area contributed by atoms with E-state index in [4.69, 9.17) is 5.11 Å². The van der Waals surface area contributed by atoms with Crippen LogP contribution in [0.15, 0.2) is 29.2 Å². The minimum absolute atomic E-state index is 0.0756. The number of H-pyrrole nitrogens is 1. The first-order valence-electron chi connectivity index (χ1n) is 5.00. The number of fused-ring (bicyclic) bond motifs is 3. The molecule has 0 amide bonds. The summed E-state index contributed by atoms with van der Waals surface area (Å²) in [6, 6.07) is 3.64. The minimum Gasteiger partial charge on any atom is -0.477 e. The Morgan fingerprint density at radius 3 is 2.94 bits per heavy atom. The first-order valence-corrected chi connectivity index (χ1v) is 5.00. The highest BCUT2D eigenvalue weighted by Crippen LogP contribution is 2.15. The van der Waals surface area contributed by atoms with E-state index in [0.29, 0.717) is 5.52 Å². The molecule has 2 heterocycles. The van der Waals surface area contributed by atoms with Crippen molar-refractivity contribution in [3.05, 3.63) is 46.1 Å². The van der Waals surface area contributed by atoms with Crippen molar-refractivity contribution in [1.29, 1.82) is 0 Å². The molecule has 2 N–H and O–H groups in total. The molecular formula is C11H6FN3O3. The predicted molar refractivity (Wildman–Crippen MR) is 60.2 cm³/mol. The second-order valence-electron chi connectivity index (χ2n) is 3.74. The molecule has 18 heavy (non-hydrogen) atoms. The Kier molecular flexibility index (Phi) is 1.97. The largest absolute Gasteiger partial charge is 0.477 e.